The normalized spacial score (nSPS) is 18.2. The number of nitrogens with zero attached hydrogens (tertiary/aromatic N) is 4. The van der Waals surface area contributed by atoms with Gasteiger partial charge in [-0.05, 0) is 73.2 Å². The molecule has 3 aromatic carbocycles. The molecule has 244 valence electrons. The minimum absolute atomic E-state index is 0.186. The van der Waals surface area contributed by atoms with Gasteiger partial charge in [0.1, 0.15) is 10.0 Å². The molecule has 3 heterocycles. The van der Waals surface area contributed by atoms with Gasteiger partial charge in [-0.25, -0.2) is 13.1 Å². The molecule has 6 rings (SSSR count). The highest BCUT2D eigenvalue weighted by Gasteiger charge is 2.33. The molecule has 12 heteroatoms. The Labute approximate surface area is 285 Å². The van der Waals surface area contributed by atoms with Crippen LogP contribution in [-0.4, -0.2) is 71.5 Å². The summed E-state index contributed by atoms with van der Waals surface area (Å²) in [6.45, 7) is 3.51. The van der Waals surface area contributed by atoms with Crippen LogP contribution in [0.4, 0.5) is 0 Å². The molecular weight excluding hydrogens is 653 g/mol. The summed E-state index contributed by atoms with van der Waals surface area (Å²) in [5.74, 6) is 1.39. The largest absolute Gasteiger partial charge is 0.493 e. The van der Waals surface area contributed by atoms with Gasteiger partial charge in [-0.3, -0.25) is 9.69 Å². The van der Waals surface area contributed by atoms with E-state index in [1.807, 2.05) is 60.8 Å². The number of methoxy groups -OCH3 is 2. The van der Waals surface area contributed by atoms with Crippen molar-refractivity contribution in [2.75, 3.05) is 33.9 Å². The monoisotopic (exact) mass is 688 g/mol. The molecule has 4 aromatic rings. The van der Waals surface area contributed by atoms with Gasteiger partial charge in [-0.15, -0.1) is 0 Å². The number of aromatic nitrogens is 2. The predicted octanol–water partition coefficient (Wildman–Crippen LogP) is 6.42. The molecule has 0 spiro atoms. The Morgan fingerprint density at radius 1 is 1.02 bits per heavy atom. The van der Waals surface area contributed by atoms with Crippen LogP contribution in [0.2, 0.25) is 0 Å². The molecule has 1 unspecified atom stereocenters. The minimum atomic E-state index is -3.68. The Bertz CT molecular complexity index is 1940. The van der Waals surface area contributed by atoms with Gasteiger partial charge >= 0.3 is 0 Å². The van der Waals surface area contributed by atoms with Crippen LogP contribution in [0.25, 0.3) is 23.0 Å². The zero-order chi connectivity index (χ0) is 33.1. The summed E-state index contributed by atoms with van der Waals surface area (Å²) in [4.78, 5) is 16.0. The summed E-state index contributed by atoms with van der Waals surface area (Å²) < 4.78 is 41.9. The third kappa shape index (κ3) is 7.01. The number of carbonyl (C=O) groups is 1. The number of thiocarbonyl (C=S) groups is 1. The summed E-state index contributed by atoms with van der Waals surface area (Å²) in [5, 5.41) is 4.88. The maximum Gasteiger partial charge on any atom is 0.266 e. The smallest absolute Gasteiger partial charge is 0.266 e. The number of carbonyl (C=O) groups excluding carboxylic acids is 1. The zero-order valence-electron chi connectivity index (χ0n) is 26.5. The van der Waals surface area contributed by atoms with Crippen molar-refractivity contribution in [1.29, 1.82) is 0 Å². The first kappa shape index (κ1) is 33.0. The van der Waals surface area contributed by atoms with E-state index in [9.17, 15) is 13.2 Å². The standard InChI is InChI=1S/C35H36N4O5S3/c1-24-9-8-17-37(22-24)47(41,42)29-13-7-10-26(20-29)33-27(23-39(36-33)28-11-5-4-6-12-28)21-32-34(40)38(35(45)46-32)18-16-25-14-15-30(43-2)31(19-25)44-3/h4-7,10-15,19-21,23-24H,8-9,16-18,22H2,1-3H3/b32-21-. The van der Waals surface area contributed by atoms with Crippen molar-refractivity contribution < 1.29 is 22.7 Å². The van der Waals surface area contributed by atoms with Crippen molar-refractivity contribution in [2.24, 2.45) is 5.92 Å². The van der Waals surface area contributed by atoms with Crippen molar-refractivity contribution in [3.8, 4) is 28.4 Å². The van der Waals surface area contributed by atoms with Gasteiger partial charge in [0.15, 0.2) is 11.5 Å². The first-order valence-corrected chi connectivity index (χ1v) is 18.1. The van der Waals surface area contributed by atoms with Gasteiger partial charge in [-0.2, -0.15) is 9.40 Å². The van der Waals surface area contributed by atoms with Crippen LogP contribution in [0, 0.1) is 5.92 Å². The van der Waals surface area contributed by atoms with E-state index in [2.05, 4.69) is 6.92 Å². The lowest BCUT2D eigenvalue weighted by Gasteiger charge is -2.30. The number of rotatable bonds is 10. The van der Waals surface area contributed by atoms with Crippen LogP contribution >= 0.6 is 24.0 Å². The lowest BCUT2D eigenvalue weighted by atomic mass is 10.0. The van der Waals surface area contributed by atoms with Crippen LogP contribution in [-0.2, 0) is 21.2 Å². The van der Waals surface area contributed by atoms with Crippen molar-refractivity contribution in [3.05, 3.63) is 95.0 Å². The number of hydrogen-bond donors (Lipinski definition) is 0. The second kappa shape index (κ2) is 14.0. The lowest BCUT2D eigenvalue weighted by Crippen LogP contribution is -2.39. The summed E-state index contributed by atoms with van der Waals surface area (Å²) >= 11 is 6.89. The quantitative estimate of drug-likeness (QED) is 0.139. The van der Waals surface area contributed by atoms with Crippen LogP contribution < -0.4 is 9.47 Å². The van der Waals surface area contributed by atoms with Crippen molar-refractivity contribution >= 4 is 50.3 Å². The number of hydrogen-bond acceptors (Lipinski definition) is 8. The molecule has 1 amide bonds. The van der Waals surface area contributed by atoms with Crippen molar-refractivity contribution in [2.45, 2.75) is 31.1 Å². The zero-order valence-corrected chi connectivity index (χ0v) is 28.9. The molecule has 2 saturated heterocycles. The molecule has 0 saturated carbocycles. The molecule has 0 bridgehead atoms. The Balaban J connectivity index is 1.31. The Morgan fingerprint density at radius 2 is 1.81 bits per heavy atom. The fourth-order valence-corrected chi connectivity index (χ4v) is 8.80. The molecule has 0 radical (unpaired) electrons. The second-order valence-corrected chi connectivity index (χ2v) is 15.2. The number of para-hydroxylation sites is 1. The number of ether oxygens (including phenoxy) is 2. The van der Waals surface area contributed by atoms with E-state index in [0.717, 1.165) is 24.1 Å². The fourth-order valence-electron chi connectivity index (χ4n) is 5.86. The summed E-state index contributed by atoms with van der Waals surface area (Å²) in [5.41, 5.74) is 3.70. The van der Waals surface area contributed by atoms with Crippen molar-refractivity contribution in [3.63, 3.8) is 0 Å². The second-order valence-electron chi connectivity index (χ2n) is 11.6. The summed E-state index contributed by atoms with van der Waals surface area (Å²) in [6, 6.07) is 22.2. The van der Waals surface area contributed by atoms with E-state index >= 15 is 0 Å². The van der Waals surface area contributed by atoms with Crippen LogP contribution in [0.15, 0.2) is 88.8 Å². The first-order valence-electron chi connectivity index (χ1n) is 15.4. The van der Waals surface area contributed by atoms with Gasteiger partial charge in [0.05, 0.1) is 29.7 Å². The van der Waals surface area contributed by atoms with E-state index < -0.39 is 10.0 Å². The number of benzene rings is 3. The van der Waals surface area contributed by atoms with E-state index in [1.165, 1.54) is 11.8 Å². The van der Waals surface area contributed by atoms with E-state index in [4.69, 9.17) is 26.8 Å². The number of amides is 1. The van der Waals surface area contributed by atoms with E-state index in [1.54, 1.807) is 52.4 Å². The van der Waals surface area contributed by atoms with E-state index in [0.29, 0.717) is 69.5 Å². The number of sulfonamides is 1. The SMILES string of the molecule is COc1ccc(CCN2C(=O)/C(=C/c3cn(-c4ccccc4)nc3-c3cccc(S(=O)(=O)N4CCCC(C)C4)c3)SC2=S)cc1OC. The van der Waals surface area contributed by atoms with Crippen LogP contribution in [0.3, 0.4) is 0 Å². The van der Waals surface area contributed by atoms with Gasteiger partial charge in [0.2, 0.25) is 10.0 Å². The average molecular weight is 689 g/mol. The summed E-state index contributed by atoms with van der Waals surface area (Å²) in [6.07, 6.45) is 6.10. The molecule has 1 atom stereocenters. The highest BCUT2D eigenvalue weighted by atomic mass is 32.2. The molecule has 2 aliphatic rings. The van der Waals surface area contributed by atoms with Crippen LogP contribution in [0.5, 0.6) is 11.5 Å². The predicted molar refractivity (Wildman–Crippen MR) is 189 cm³/mol. The van der Waals surface area contributed by atoms with E-state index in [-0.39, 0.29) is 10.8 Å². The molecule has 2 fully saturated rings. The van der Waals surface area contributed by atoms with Gasteiger partial charge in [0.25, 0.3) is 5.91 Å². The molecule has 1 aromatic heterocycles. The number of piperidine rings is 1. The van der Waals surface area contributed by atoms with Gasteiger partial charge in [0, 0.05) is 37.0 Å². The summed E-state index contributed by atoms with van der Waals surface area (Å²) in [7, 11) is -0.500. The highest BCUT2D eigenvalue weighted by Crippen LogP contribution is 2.36. The Hall–Kier alpha value is -3.97. The third-order valence-electron chi connectivity index (χ3n) is 8.36. The number of thioether (sulfide) groups is 1. The Kier molecular flexibility index (Phi) is 9.83. The van der Waals surface area contributed by atoms with Gasteiger partial charge in [-0.1, -0.05) is 67.3 Å². The molecule has 2 aliphatic heterocycles. The average Bonchev–Trinajstić information content (AvgIpc) is 3.63. The van der Waals surface area contributed by atoms with Crippen LogP contribution in [0.1, 0.15) is 30.9 Å². The molecule has 47 heavy (non-hydrogen) atoms. The molecule has 0 N–H and O–H groups in total. The maximum absolute atomic E-state index is 13.7. The first-order chi connectivity index (χ1) is 22.7. The third-order valence-corrected chi connectivity index (χ3v) is 11.6. The Morgan fingerprint density at radius 3 is 2.55 bits per heavy atom. The maximum atomic E-state index is 13.7. The van der Waals surface area contributed by atoms with Gasteiger partial charge < -0.3 is 9.47 Å². The lowest BCUT2D eigenvalue weighted by molar-refractivity contribution is -0.122. The molecular formula is C35H36N4O5S3. The fraction of sp³-hybridized carbons (Fsp3) is 0.286. The molecule has 0 aliphatic carbocycles. The van der Waals surface area contributed by atoms with Crippen molar-refractivity contribution in [1.82, 2.24) is 19.0 Å². The minimum Gasteiger partial charge on any atom is -0.493 e. The topological polar surface area (TPSA) is 94.0 Å². The molecule has 9 nitrogen and oxygen atoms in total. The highest BCUT2D eigenvalue weighted by molar-refractivity contribution is 8.26.